The summed E-state index contributed by atoms with van der Waals surface area (Å²) < 4.78 is 1.20. The number of thiazole rings is 1. The van der Waals surface area contributed by atoms with Crippen molar-refractivity contribution in [1.29, 1.82) is 0 Å². The maximum Gasteiger partial charge on any atom is 0.230 e. The van der Waals surface area contributed by atoms with Gasteiger partial charge < -0.3 is 5.32 Å². The second kappa shape index (κ2) is 6.64. The van der Waals surface area contributed by atoms with Crippen LogP contribution in [0.4, 0.5) is 5.13 Å². The smallest absolute Gasteiger partial charge is 0.230 e. The van der Waals surface area contributed by atoms with Gasteiger partial charge in [-0.15, -0.1) is 11.3 Å². The van der Waals surface area contributed by atoms with Gasteiger partial charge in [0.1, 0.15) is 0 Å². The highest BCUT2D eigenvalue weighted by molar-refractivity contribution is 14.1. The number of nitrogens with one attached hydrogen (secondary N) is 1. The van der Waals surface area contributed by atoms with Gasteiger partial charge in [-0.2, -0.15) is 0 Å². The summed E-state index contributed by atoms with van der Waals surface area (Å²) in [5.74, 6) is 0.0328. The Morgan fingerprint density at radius 1 is 1.21 bits per heavy atom. The topological polar surface area (TPSA) is 42.0 Å². The summed E-state index contributed by atoms with van der Waals surface area (Å²) in [4.78, 5) is 17.1. The number of halogens is 1. The zero-order valence-electron chi connectivity index (χ0n) is 12.8. The van der Waals surface area contributed by atoms with Crippen molar-refractivity contribution in [2.75, 3.05) is 5.32 Å². The van der Waals surface area contributed by atoms with Crippen molar-refractivity contribution >= 4 is 45.0 Å². The minimum absolute atomic E-state index is 0.0463. The highest BCUT2D eigenvalue weighted by Crippen LogP contribution is 2.43. The van der Waals surface area contributed by atoms with Crippen LogP contribution in [-0.2, 0) is 11.2 Å². The highest BCUT2D eigenvalue weighted by atomic mass is 127. The van der Waals surface area contributed by atoms with Gasteiger partial charge in [-0.05, 0) is 57.8 Å². The first-order chi connectivity index (χ1) is 11.7. The van der Waals surface area contributed by atoms with Crippen molar-refractivity contribution in [2.24, 2.45) is 5.92 Å². The third-order valence-electron chi connectivity index (χ3n) is 4.44. The zero-order valence-corrected chi connectivity index (χ0v) is 15.8. The molecule has 1 heterocycles. The number of benzene rings is 2. The van der Waals surface area contributed by atoms with Gasteiger partial charge in [0.25, 0.3) is 0 Å². The van der Waals surface area contributed by atoms with Crippen LogP contribution in [0.2, 0.25) is 0 Å². The Kier molecular flexibility index (Phi) is 4.37. The predicted molar refractivity (Wildman–Crippen MR) is 105 cm³/mol. The summed E-state index contributed by atoms with van der Waals surface area (Å²) in [5, 5.41) is 5.51. The molecule has 3 aromatic rings. The second-order valence-electron chi connectivity index (χ2n) is 5.87. The average molecular weight is 446 g/mol. The molecule has 0 fully saturated rings. The molecule has 1 aromatic heterocycles. The van der Waals surface area contributed by atoms with Crippen molar-refractivity contribution in [2.45, 2.75) is 12.3 Å². The summed E-state index contributed by atoms with van der Waals surface area (Å²) in [6.45, 7) is 0. The van der Waals surface area contributed by atoms with Crippen LogP contribution >= 0.6 is 33.9 Å². The number of fused-ring (bicyclic) bond motifs is 1. The molecule has 2 atom stereocenters. The Morgan fingerprint density at radius 3 is 2.79 bits per heavy atom. The van der Waals surface area contributed by atoms with Crippen molar-refractivity contribution in [1.82, 2.24) is 4.98 Å². The normalized spacial score (nSPS) is 19.0. The molecule has 0 saturated heterocycles. The molecular formula is C19H15IN2OS. The molecule has 0 spiro atoms. The number of nitrogens with zero attached hydrogens (tertiary/aromatic N) is 1. The lowest BCUT2D eigenvalue weighted by Crippen LogP contribution is -2.26. The van der Waals surface area contributed by atoms with E-state index in [0.29, 0.717) is 5.13 Å². The van der Waals surface area contributed by atoms with Crippen molar-refractivity contribution in [3.05, 3.63) is 80.4 Å². The van der Waals surface area contributed by atoms with E-state index in [9.17, 15) is 4.79 Å². The minimum atomic E-state index is -0.107. The molecule has 0 bridgehead atoms. The van der Waals surface area contributed by atoms with E-state index in [1.807, 2.05) is 23.6 Å². The second-order valence-corrected chi connectivity index (χ2v) is 8.01. The molecule has 2 aromatic carbocycles. The van der Waals surface area contributed by atoms with Crippen molar-refractivity contribution in [3.63, 3.8) is 0 Å². The van der Waals surface area contributed by atoms with Crippen LogP contribution in [0.15, 0.2) is 60.1 Å². The first kappa shape index (κ1) is 15.8. The molecule has 24 heavy (non-hydrogen) atoms. The Bertz CT molecular complexity index is 864. The highest BCUT2D eigenvalue weighted by Gasteiger charge is 2.38. The largest absolute Gasteiger partial charge is 0.302 e. The Morgan fingerprint density at radius 2 is 2.04 bits per heavy atom. The summed E-state index contributed by atoms with van der Waals surface area (Å²) >= 11 is 3.79. The minimum Gasteiger partial charge on any atom is -0.302 e. The number of hydrogen-bond acceptors (Lipinski definition) is 3. The van der Waals surface area contributed by atoms with Crippen LogP contribution in [0, 0.1) is 9.49 Å². The lowest BCUT2D eigenvalue weighted by Gasteiger charge is -2.20. The molecular weight excluding hydrogens is 431 g/mol. The lowest BCUT2D eigenvalue weighted by molar-refractivity contribution is -0.120. The number of rotatable bonds is 3. The maximum absolute atomic E-state index is 12.9. The molecule has 4 rings (SSSR count). The van der Waals surface area contributed by atoms with E-state index in [4.69, 9.17) is 0 Å². The number of carbonyl (C=O) groups is 1. The maximum atomic E-state index is 12.9. The Balaban J connectivity index is 1.72. The van der Waals surface area contributed by atoms with Crippen LogP contribution in [-0.4, -0.2) is 10.9 Å². The molecule has 1 aliphatic rings. The van der Waals surface area contributed by atoms with Crippen LogP contribution < -0.4 is 5.32 Å². The number of carbonyl (C=O) groups excluding carboxylic acids is 1. The van der Waals surface area contributed by atoms with E-state index >= 15 is 0 Å². The van der Waals surface area contributed by atoms with E-state index in [2.05, 4.69) is 63.2 Å². The van der Waals surface area contributed by atoms with Crippen LogP contribution in [0.25, 0.3) is 0 Å². The predicted octanol–water partition coefficient (Wildman–Crippen LogP) is 4.69. The zero-order chi connectivity index (χ0) is 16.5. The molecule has 0 unspecified atom stereocenters. The van der Waals surface area contributed by atoms with Crippen LogP contribution in [0.3, 0.4) is 0 Å². The molecule has 1 aliphatic carbocycles. The van der Waals surface area contributed by atoms with E-state index in [0.717, 1.165) is 6.42 Å². The van der Waals surface area contributed by atoms with Gasteiger partial charge in [-0.3, -0.25) is 4.79 Å². The van der Waals surface area contributed by atoms with Gasteiger partial charge in [0.15, 0.2) is 5.13 Å². The summed E-state index contributed by atoms with van der Waals surface area (Å²) in [6, 6.07) is 16.8. The number of aromatic nitrogens is 1. The summed E-state index contributed by atoms with van der Waals surface area (Å²) in [7, 11) is 0. The fourth-order valence-corrected chi connectivity index (χ4v) is 4.46. The third-order valence-corrected chi connectivity index (χ3v) is 5.80. The molecule has 120 valence electrons. The standard InChI is InChI=1S/C19H15IN2OS/c20-14-7-6-13-10-16(18(23)22-19-21-8-9-24-19)17(15(13)11-14)12-4-2-1-3-5-12/h1-9,11,16-17H,10H2,(H,21,22,23)/t16-,17-/m0/s1. The van der Waals surface area contributed by atoms with Gasteiger partial charge in [0.2, 0.25) is 5.91 Å². The first-order valence-corrected chi connectivity index (χ1v) is 9.72. The molecule has 0 saturated carbocycles. The van der Waals surface area contributed by atoms with Gasteiger partial charge in [0, 0.05) is 21.1 Å². The number of hydrogen-bond donors (Lipinski definition) is 1. The lowest BCUT2D eigenvalue weighted by atomic mass is 9.85. The molecule has 5 heteroatoms. The monoisotopic (exact) mass is 446 g/mol. The van der Waals surface area contributed by atoms with Gasteiger partial charge >= 0.3 is 0 Å². The van der Waals surface area contributed by atoms with E-state index in [1.165, 1.54) is 31.6 Å². The van der Waals surface area contributed by atoms with Crippen molar-refractivity contribution in [3.8, 4) is 0 Å². The third kappa shape index (κ3) is 2.98. The quantitative estimate of drug-likeness (QED) is 0.594. The summed E-state index contributed by atoms with van der Waals surface area (Å²) in [6.07, 6.45) is 2.48. The van der Waals surface area contributed by atoms with Crippen LogP contribution in [0.1, 0.15) is 22.6 Å². The molecule has 1 N–H and O–H groups in total. The fraction of sp³-hybridized carbons (Fsp3) is 0.158. The molecule has 3 nitrogen and oxygen atoms in total. The van der Waals surface area contributed by atoms with Crippen molar-refractivity contribution < 1.29 is 4.79 Å². The van der Waals surface area contributed by atoms with E-state index in [1.54, 1.807) is 6.20 Å². The number of amides is 1. The SMILES string of the molecule is O=C(Nc1nccs1)[C@H]1Cc2ccc(I)cc2[C@@H]1c1ccccc1. The Labute approximate surface area is 158 Å². The summed E-state index contributed by atoms with van der Waals surface area (Å²) in [5.41, 5.74) is 3.73. The van der Waals surface area contributed by atoms with Gasteiger partial charge in [-0.25, -0.2) is 4.98 Å². The van der Waals surface area contributed by atoms with Gasteiger partial charge in [0.05, 0.1) is 5.92 Å². The van der Waals surface area contributed by atoms with Crippen LogP contribution in [0.5, 0.6) is 0 Å². The molecule has 0 radical (unpaired) electrons. The van der Waals surface area contributed by atoms with Gasteiger partial charge in [-0.1, -0.05) is 36.4 Å². The fourth-order valence-electron chi connectivity index (χ4n) is 3.41. The Hall–Kier alpha value is -1.73. The molecule has 1 amide bonds. The average Bonchev–Trinajstić information content (AvgIpc) is 3.22. The molecule has 0 aliphatic heterocycles. The van der Waals surface area contributed by atoms with E-state index < -0.39 is 0 Å². The van der Waals surface area contributed by atoms with E-state index in [-0.39, 0.29) is 17.7 Å². The number of anilines is 1. The first-order valence-electron chi connectivity index (χ1n) is 7.76.